The minimum absolute atomic E-state index is 0.173. The molecule has 0 atom stereocenters. The van der Waals surface area contributed by atoms with Crippen molar-refractivity contribution in [3.8, 4) is 5.75 Å². The highest BCUT2D eigenvalue weighted by Gasteiger charge is 2.13. The standard InChI is InChI=1S/C16H16ClIN2O2/c1-9-7-19-14(10(2)15(9)22-3)8-20-16(21)12-6-11(17)4-5-13(12)18/h4-7H,8H2,1-3H3,(H,20,21). The summed E-state index contributed by atoms with van der Waals surface area (Å²) in [5.41, 5.74) is 3.25. The zero-order valence-electron chi connectivity index (χ0n) is 12.5. The third kappa shape index (κ3) is 3.70. The van der Waals surface area contributed by atoms with E-state index in [-0.39, 0.29) is 5.91 Å². The molecule has 1 N–H and O–H groups in total. The molecule has 2 rings (SSSR count). The number of aryl methyl sites for hydroxylation is 1. The lowest BCUT2D eigenvalue weighted by molar-refractivity contribution is 0.0949. The van der Waals surface area contributed by atoms with Crippen molar-refractivity contribution in [2.75, 3.05) is 7.11 Å². The van der Waals surface area contributed by atoms with Gasteiger partial charge >= 0.3 is 0 Å². The van der Waals surface area contributed by atoms with Crippen LogP contribution in [0.4, 0.5) is 0 Å². The first-order valence-electron chi connectivity index (χ1n) is 6.66. The molecule has 116 valence electrons. The van der Waals surface area contributed by atoms with E-state index in [9.17, 15) is 4.79 Å². The molecule has 1 aromatic heterocycles. The van der Waals surface area contributed by atoms with Gasteiger partial charge < -0.3 is 10.1 Å². The fourth-order valence-corrected chi connectivity index (χ4v) is 2.93. The highest BCUT2D eigenvalue weighted by atomic mass is 127. The molecule has 22 heavy (non-hydrogen) atoms. The van der Waals surface area contributed by atoms with E-state index in [2.05, 4.69) is 32.9 Å². The van der Waals surface area contributed by atoms with Gasteiger partial charge in [-0.3, -0.25) is 9.78 Å². The van der Waals surface area contributed by atoms with Crippen molar-refractivity contribution in [3.05, 3.63) is 55.4 Å². The second kappa shape index (κ2) is 7.28. The molecule has 1 aromatic carbocycles. The minimum atomic E-state index is -0.173. The maximum absolute atomic E-state index is 12.3. The minimum Gasteiger partial charge on any atom is -0.496 e. The van der Waals surface area contributed by atoms with Crippen molar-refractivity contribution in [1.29, 1.82) is 0 Å². The first-order chi connectivity index (χ1) is 10.4. The van der Waals surface area contributed by atoms with Crippen molar-refractivity contribution < 1.29 is 9.53 Å². The van der Waals surface area contributed by atoms with Crippen molar-refractivity contribution in [1.82, 2.24) is 10.3 Å². The van der Waals surface area contributed by atoms with Crippen LogP contribution in [0.15, 0.2) is 24.4 Å². The van der Waals surface area contributed by atoms with Crippen molar-refractivity contribution >= 4 is 40.1 Å². The van der Waals surface area contributed by atoms with Gasteiger partial charge in [0, 0.05) is 25.9 Å². The number of amides is 1. The summed E-state index contributed by atoms with van der Waals surface area (Å²) in [6.07, 6.45) is 1.75. The van der Waals surface area contributed by atoms with Crippen LogP contribution >= 0.6 is 34.2 Å². The van der Waals surface area contributed by atoms with Gasteiger partial charge in [-0.1, -0.05) is 11.6 Å². The number of hydrogen-bond donors (Lipinski definition) is 1. The summed E-state index contributed by atoms with van der Waals surface area (Å²) in [6.45, 7) is 4.21. The van der Waals surface area contributed by atoms with Crippen LogP contribution < -0.4 is 10.1 Å². The SMILES string of the molecule is COc1c(C)cnc(CNC(=O)c2cc(Cl)ccc2I)c1C. The predicted octanol–water partition coefficient (Wildman–Crippen LogP) is 3.90. The Morgan fingerprint density at radius 3 is 2.82 bits per heavy atom. The molecule has 2 aromatic rings. The molecule has 4 nitrogen and oxygen atoms in total. The van der Waals surface area contributed by atoms with Crippen LogP contribution in [0, 0.1) is 17.4 Å². The normalized spacial score (nSPS) is 10.4. The summed E-state index contributed by atoms with van der Waals surface area (Å²) in [6, 6.07) is 5.24. The number of aromatic nitrogens is 1. The molecule has 1 amide bonds. The number of benzene rings is 1. The van der Waals surface area contributed by atoms with Crippen molar-refractivity contribution in [2.45, 2.75) is 20.4 Å². The van der Waals surface area contributed by atoms with Crippen LogP contribution in [-0.2, 0) is 6.54 Å². The molecule has 0 spiro atoms. The third-order valence-corrected chi connectivity index (χ3v) is 4.51. The average molecular weight is 431 g/mol. The third-order valence-electron chi connectivity index (χ3n) is 3.34. The maximum atomic E-state index is 12.3. The molecule has 1 heterocycles. The molecule has 0 radical (unpaired) electrons. The number of pyridine rings is 1. The number of methoxy groups -OCH3 is 1. The van der Waals surface area contributed by atoms with Gasteiger partial charge in [0.1, 0.15) is 5.75 Å². The molecule has 0 aliphatic heterocycles. The fraction of sp³-hybridized carbons (Fsp3) is 0.250. The molecule has 0 saturated carbocycles. The van der Waals surface area contributed by atoms with E-state index >= 15 is 0 Å². The number of halogens is 2. The van der Waals surface area contributed by atoms with E-state index in [1.54, 1.807) is 25.4 Å². The van der Waals surface area contributed by atoms with Crippen molar-refractivity contribution in [2.24, 2.45) is 0 Å². The van der Waals surface area contributed by atoms with Crippen LogP contribution in [-0.4, -0.2) is 18.0 Å². The summed E-state index contributed by atoms with van der Waals surface area (Å²) >= 11 is 8.06. The second-order valence-corrected chi connectivity index (χ2v) is 6.45. The van der Waals surface area contributed by atoms with Crippen LogP contribution in [0.5, 0.6) is 5.75 Å². The van der Waals surface area contributed by atoms with E-state index < -0.39 is 0 Å². The number of nitrogens with one attached hydrogen (secondary N) is 1. The molecule has 6 heteroatoms. The summed E-state index contributed by atoms with van der Waals surface area (Å²) in [5, 5.41) is 3.41. The second-order valence-electron chi connectivity index (χ2n) is 4.85. The first-order valence-corrected chi connectivity index (χ1v) is 8.12. The highest BCUT2D eigenvalue weighted by molar-refractivity contribution is 14.1. The van der Waals surface area contributed by atoms with Crippen LogP contribution in [0.25, 0.3) is 0 Å². The Hall–Kier alpha value is -1.34. The molecule has 0 fully saturated rings. The number of rotatable bonds is 4. The molecule has 0 unspecified atom stereocenters. The quantitative estimate of drug-likeness (QED) is 0.749. The number of carbonyl (C=O) groups excluding carboxylic acids is 1. The Kier molecular flexibility index (Phi) is 5.63. The van der Waals surface area contributed by atoms with Gasteiger partial charge in [-0.15, -0.1) is 0 Å². The van der Waals surface area contributed by atoms with E-state index in [1.165, 1.54) is 0 Å². The zero-order chi connectivity index (χ0) is 16.3. The average Bonchev–Trinajstić information content (AvgIpc) is 2.49. The van der Waals surface area contributed by atoms with Gasteiger partial charge in [-0.2, -0.15) is 0 Å². The van der Waals surface area contributed by atoms with Gasteiger partial charge in [0.15, 0.2) is 0 Å². The van der Waals surface area contributed by atoms with Gasteiger partial charge in [0.2, 0.25) is 0 Å². The molecule has 0 bridgehead atoms. The highest BCUT2D eigenvalue weighted by Crippen LogP contribution is 2.24. The summed E-state index contributed by atoms with van der Waals surface area (Å²) in [5.74, 6) is 0.629. The Balaban J connectivity index is 2.16. The largest absolute Gasteiger partial charge is 0.496 e. The predicted molar refractivity (Wildman–Crippen MR) is 95.6 cm³/mol. The maximum Gasteiger partial charge on any atom is 0.252 e. The van der Waals surface area contributed by atoms with Gasteiger partial charge in [-0.25, -0.2) is 0 Å². The van der Waals surface area contributed by atoms with E-state index in [1.807, 2.05) is 19.9 Å². The topological polar surface area (TPSA) is 51.2 Å². The summed E-state index contributed by atoms with van der Waals surface area (Å²) in [4.78, 5) is 16.7. The van der Waals surface area contributed by atoms with Gasteiger partial charge in [0.25, 0.3) is 5.91 Å². The molecule has 0 saturated heterocycles. The Bertz CT molecular complexity index is 720. The molecular formula is C16H16ClIN2O2. The summed E-state index contributed by atoms with van der Waals surface area (Å²) < 4.78 is 6.22. The smallest absolute Gasteiger partial charge is 0.252 e. The number of hydrogen-bond acceptors (Lipinski definition) is 3. The fourth-order valence-electron chi connectivity index (χ4n) is 2.18. The number of carbonyl (C=O) groups is 1. The first kappa shape index (κ1) is 17.0. The Morgan fingerprint density at radius 2 is 2.14 bits per heavy atom. The lowest BCUT2D eigenvalue weighted by Gasteiger charge is -2.13. The molecule has 0 aliphatic rings. The van der Waals surface area contributed by atoms with Crippen molar-refractivity contribution in [3.63, 3.8) is 0 Å². The Morgan fingerprint density at radius 1 is 1.41 bits per heavy atom. The lowest BCUT2D eigenvalue weighted by Crippen LogP contribution is -2.24. The van der Waals surface area contributed by atoms with Gasteiger partial charge in [-0.05, 0) is 54.6 Å². The monoisotopic (exact) mass is 430 g/mol. The summed E-state index contributed by atoms with van der Waals surface area (Å²) in [7, 11) is 1.63. The van der Waals surface area contributed by atoms with Crippen LogP contribution in [0.1, 0.15) is 27.2 Å². The number of ether oxygens (including phenoxy) is 1. The van der Waals surface area contributed by atoms with Gasteiger partial charge in [0.05, 0.1) is 24.9 Å². The Labute approximate surface area is 148 Å². The van der Waals surface area contributed by atoms with E-state index in [0.29, 0.717) is 17.1 Å². The number of nitrogens with zero attached hydrogens (tertiary/aromatic N) is 1. The van der Waals surface area contributed by atoms with E-state index in [0.717, 1.165) is 26.1 Å². The van der Waals surface area contributed by atoms with Crippen LogP contribution in [0.3, 0.4) is 0 Å². The zero-order valence-corrected chi connectivity index (χ0v) is 15.4. The van der Waals surface area contributed by atoms with E-state index in [4.69, 9.17) is 16.3 Å². The lowest BCUT2D eigenvalue weighted by atomic mass is 10.1. The molecular weight excluding hydrogens is 415 g/mol. The van der Waals surface area contributed by atoms with Crippen LogP contribution in [0.2, 0.25) is 5.02 Å². The molecule has 0 aliphatic carbocycles.